The number of anilines is 1. The highest BCUT2D eigenvalue weighted by Crippen LogP contribution is 2.35. The average molecular weight is 373 g/mol. The predicted molar refractivity (Wildman–Crippen MR) is 84.8 cm³/mol. The van der Waals surface area contributed by atoms with E-state index in [2.05, 4.69) is 4.74 Å². The molecule has 0 heterocycles. The molecule has 0 aliphatic carbocycles. The summed E-state index contributed by atoms with van der Waals surface area (Å²) in [6.45, 7) is 1.46. The normalized spacial score (nSPS) is 11.9. The highest BCUT2D eigenvalue weighted by Gasteiger charge is 2.34. The maximum absolute atomic E-state index is 13.0. The van der Waals surface area contributed by atoms with Crippen LogP contribution >= 0.6 is 0 Å². The van der Waals surface area contributed by atoms with Gasteiger partial charge in [-0.05, 0) is 36.8 Å². The average Bonchev–Trinajstić information content (AvgIpc) is 2.53. The molecule has 0 aliphatic rings. The van der Waals surface area contributed by atoms with Crippen molar-refractivity contribution in [2.45, 2.75) is 18.0 Å². The van der Waals surface area contributed by atoms with Crippen molar-refractivity contribution in [3.63, 3.8) is 0 Å². The number of nitrogens with one attached hydrogen (secondary N) is 1. The zero-order valence-corrected chi connectivity index (χ0v) is 14.0. The van der Waals surface area contributed by atoms with Gasteiger partial charge in [-0.25, -0.2) is 13.2 Å². The molecule has 0 unspecified atom stereocenters. The van der Waals surface area contributed by atoms with E-state index in [4.69, 9.17) is 0 Å². The van der Waals surface area contributed by atoms with E-state index in [-0.39, 0.29) is 16.0 Å². The number of carbonyl (C=O) groups is 1. The molecule has 2 aromatic rings. The minimum atomic E-state index is -4.72. The lowest BCUT2D eigenvalue weighted by Gasteiger charge is -2.16. The van der Waals surface area contributed by atoms with Crippen molar-refractivity contribution in [2.24, 2.45) is 0 Å². The largest absolute Gasteiger partial charge is 0.465 e. The Labute approximate surface area is 142 Å². The van der Waals surface area contributed by atoms with Crippen LogP contribution in [0.25, 0.3) is 0 Å². The van der Waals surface area contributed by atoms with Gasteiger partial charge in [0, 0.05) is 0 Å². The van der Waals surface area contributed by atoms with Gasteiger partial charge in [-0.1, -0.05) is 18.2 Å². The summed E-state index contributed by atoms with van der Waals surface area (Å²) < 4.78 is 70.6. The lowest BCUT2D eigenvalue weighted by atomic mass is 10.1. The molecular formula is C16H14F3NO4S. The van der Waals surface area contributed by atoms with Crippen LogP contribution in [0.5, 0.6) is 0 Å². The van der Waals surface area contributed by atoms with Gasteiger partial charge in [0.2, 0.25) is 0 Å². The van der Waals surface area contributed by atoms with Gasteiger partial charge in [0.1, 0.15) is 0 Å². The van der Waals surface area contributed by atoms with Crippen LogP contribution in [0.4, 0.5) is 18.9 Å². The smallest absolute Gasteiger partial charge is 0.418 e. The molecule has 0 saturated carbocycles. The Balaban J connectivity index is 2.50. The lowest BCUT2D eigenvalue weighted by molar-refractivity contribution is -0.136. The topological polar surface area (TPSA) is 72.5 Å². The molecule has 1 N–H and O–H groups in total. The standard InChI is InChI=1S/C16H14F3NO4S/c1-10-7-8-11(15(21)24-2)9-14(10)25(22,23)20-13-6-4-3-5-12(13)16(17,18)19/h3-9,20H,1-2H3. The molecular weight excluding hydrogens is 359 g/mol. The molecule has 0 atom stereocenters. The number of ether oxygens (including phenoxy) is 1. The van der Waals surface area contributed by atoms with Crippen LogP contribution in [0, 0.1) is 6.92 Å². The van der Waals surface area contributed by atoms with E-state index in [9.17, 15) is 26.4 Å². The van der Waals surface area contributed by atoms with Crippen molar-refractivity contribution < 1.29 is 31.1 Å². The van der Waals surface area contributed by atoms with Crippen molar-refractivity contribution in [3.05, 3.63) is 59.2 Å². The lowest BCUT2D eigenvalue weighted by Crippen LogP contribution is -2.18. The van der Waals surface area contributed by atoms with Gasteiger partial charge in [-0.15, -0.1) is 0 Å². The second-order valence-electron chi connectivity index (χ2n) is 5.12. The summed E-state index contributed by atoms with van der Waals surface area (Å²) in [7, 11) is -3.22. The van der Waals surface area contributed by atoms with Crippen molar-refractivity contribution in [1.29, 1.82) is 0 Å². The van der Waals surface area contributed by atoms with Crippen molar-refractivity contribution in [3.8, 4) is 0 Å². The molecule has 0 radical (unpaired) electrons. The summed E-state index contributed by atoms with van der Waals surface area (Å²) in [6.07, 6.45) is -4.72. The number of para-hydroxylation sites is 1. The molecule has 0 aromatic heterocycles. The van der Waals surface area contributed by atoms with E-state index in [0.717, 1.165) is 31.4 Å². The summed E-state index contributed by atoms with van der Waals surface area (Å²) in [5, 5.41) is 0. The second-order valence-corrected chi connectivity index (χ2v) is 6.77. The van der Waals surface area contributed by atoms with E-state index < -0.39 is 33.4 Å². The third-order valence-electron chi connectivity index (χ3n) is 3.38. The van der Waals surface area contributed by atoms with Crippen molar-refractivity contribution in [1.82, 2.24) is 0 Å². The first-order valence-corrected chi connectivity index (χ1v) is 8.42. The molecule has 0 spiro atoms. The molecule has 0 saturated heterocycles. The van der Waals surface area contributed by atoms with Crippen LogP contribution in [0.1, 0.15) is 21.5 Å². The number of aryl methyl sites for hydroxylation is 1. The minimum Gasteiger partial charge on any atom is -0.465 e. The molecule has 9 heteroatoms. The van der Waals surface area contributed by atoms with Gasteiger partial charge in [-0.3, -0.25) is 4.72 Å². The first-order chi connectivity index (χ1) is 11.6. The van der Waals surface area contributed by atoms with E-state index in [1.807, 2.05) is 4.72 Å². The van der Waals surface area contributed by atoms with Crippen LogP contribution in [0.15, 0.2) is 47.4 Å². The number of esters is 1. The fourth-order valence-corrected chi connectivity index (χ4v) is 3.50. The molecule has 0 amide bonds. The Kier molecular flexibility index (Phi) is 5.07. The number of carbonyl (C=O) groups excluding carboxylic acids is 1. The summed E-state index contributed by atoms with van der Waals surface area (Å²) in [4.78, 5) is 11.2. The third kappa shape index (κ3) is 4.11. The van der Waals surface area contributed by atoms with Crippen LogP contribution in [0.2, 0.25) is 0 Å². The number of halogens is 3. The van der Waals surface area contributed by atoms with Crippen molar-refractivity contribution >= 4 is 21.7 Å². The Hall–Kier alpha value is -2.55. The molecule has 25 heavy (non-hydrogen) atoms. The first kappa shape index (κ1) is 18.8. The number of alkyl halides is 3. The van der Waals surface area contributed by atoms with Gasteiger partial charge in [-0.2, -0.15) is 13.2 Å². The number of methoxy groups -OCH3 is 1. The molecule has 0 fully saturated rings. The Morgan fingerprint density at radius 2 is 1.76 bits per heavy atom. The Morgan fingerprint density at radius 1 is 1.12 bits per heavy atom. The van der Waals surface area contributed by atoms with Gasteiger partial charge < -0.3 is 4.74 Å². The summed E-state index contributed by atoms with van der Waals surface area (Å²) >= 11 is 0. The minimum absolute atomic E-state index is 0.0300. The Bertz CT molecular complexity index is 908. The quantitative estimate of drug-likeness (QED) is 0.831. The van der Waals surface area contributed by atoms with Gasteiger partial charge in [0.25, 0.3) is 10.0 Å². The van der Waals surface area contributed by atoms with Crippen LogP contribution in [-0.4, -0.2) is 21.5 Å². The SMILES string of the molecule is COC(=O)c1ccc(C)c(S(=O)(=O)Nc2ccccc2C(F)(F)F)c1. The highest BCUT2D eigenvalue weighted by atomic mass is 32.2. The first-order valence-electron chi connectivity index (χ1n) is 6.94. The zero-order valence-electron chi connectivity index (χ0n) is 13.2. The highest BCUT2D eigenvalue weighted by molar-refractivity contribution is 7.92. The summed E-state index contributed by atoms with van der Waals surface area (Å²) in [6, 6.07) is 8.02. The van der Waals surface area contributed by atoms with Gasteiger partial charge in [0.05, 0.1) is 28.8 Å². The zero-order chi connectivity index (χ0) is 18.8. The molecule has 5 nitrogen and oxygen atoms in total. The Morgan fingerprint density at radius 3 is 2.36 bits per heavy atom. The second kappa shape index (κ2) is 6.75. The molecule has 0 bridgehead atoms. The van der Waals surface area contributed by atoms with Gasteiger partial charge >= 0.3 is 12.1 Å². The van der Waals surface area contributed by atoms with Crippen LogP contribution < -0.4 is 4.72 Å². The van der Waals surface area contributed by atoms with E-state index >= 15 is 0 Å². The summed E-state index contributed by atoms with van der Waals surface area (Å²) in [5.41, 5.74) is -1.47. The van der Waals surface area contributed by atoms with E-state index in [1.54, 1.807) is 0 Å². The maximum atomic E-state index is 13.0. The number of benzene rings is 2. The predicted octanol–water partition coefficient (Wildman–Crippen LogP) is 3.60. The molecule has 2 aromatic carbocycles. The molecule has 2 rings (SSSR count). The van der Waals surface area contributed by atoms with Gasteiger partial charge in [0.15, 0.2) is 0 Å². The molecule has 0 aliphatic heterocycles. The van der Waals surface area contributed by atoms with E-state index in [1.165, 1.54) is 25.1 Å². The fourth-order valence-electron chi connectivity index (χ4n) is 2.15. The number of rotatable bonds is 4. The maximum Gasteiger partial charge on any atom is 0.418 e. The number of hydrogen-bond acceptors (Lipinski definition) is 4. The molecule has 134 valence electrons. The van der Waals surface area contributed by atoms with Crippen LogP contribution in [-0.2, 0) is 20.9 Å². The summed E-state index contributed by atoms with van der Waals surface area (Å²) in [5.74, 6) is -0.757. The van der Waals surface area contributed by atoms with Crippen molar-refractivity contribution in [2.75, 3.05) is 11.8 Å². The van der Waals surface area contributed by atoms with E-state index in [0.29, 0.717) is 0 Å². The number of hydrogen-bond donors (Lipinski definition) is 1. The third-order valence-corrected chi connectivity index (χ3v) is 4.88. The monoisotopic (exact) mass is 373 g/mol. The fraction of sp³-hybridized carbons (Fsp3) is 0.188. The van der Waals surface area contributed by atoms with Crippen LogP contribution in [0.3, 0.4) is 0 Å². The number of sulfonamides is 1.